The van der Waals surface area contributed by atoms with Crippen LogP contribution in [-0.2, 0) is 12.4 Å². The van der Waals surface area contributed by atoms with Crippen molar-refractivity contribution in [3.05, 3.63) is 52.7 Å². The van der Waals surface area contributed by atoms with E-state index in [1.807, 2.05) is 39.0 Å². The number of ether oxygens (including phenoxy) is 1. The van der Waals surface area contributed by atoms with Crippen molar-refractivity contribution in [3.63, 3.8) is 0 Å². The lowest BCUT2D eigenvalue weighted by Gasteiger charge is -2.08. The first-order chi connectivity index (χ1) is 11.5. The molecule has 2 aromatic heterocycles. The van der Waals surface area contributed by atoms with Crippen molar-refractivity contribution < 1.29 is 9.26 Å². The number of nitrogen functional groups attached to an aromatic ring is 1. The first kappa shape index (κ1) is 16.4. The summed E-state index contributed by atoms with van der Waals surface area (Å²) in [7, 11) is 0. The van der Waals surface area contributed by atoms with Gasteiger partial charge < -0.3 is 15.1 Å². The molecule has 2 N–H and O–H groups in total. The van der Waals surface area contributed by atoms with Crippen molar-refractivity contribution in [2.45, 2.75) is 38.3 Å². The molecule has 0 bridgehead atoms. The van der Waals surface area contributed by atoms with Gasteiger partial charge in [-0.15, -0.1) is 10.2 Å². The minimum Gasteiger partial charge on any atom is -0.486 e. The molecule has 1 aromatic carbocycles. The molecule has 0 amide bonds. The molecular weight excluding hydrogens is 326 g/mol. The van der Waals surface area contributed by atoms with Crippen molar-refractivity contribution in [1.29, 1.82) is 0 Å². The monoisotopic (exact) mass is 345 g/mol. The summed E-state index contributed by atoms with van der Waals surface area (Å²) in [6, 6.07) is 7.94. The summed E-state index contributed by atoms with van der Waals surface area (Å²) < 4.78 is 12.3. The molecule has 24 heavy (non-hydrogen) atoms. The Labute approximate surface area is 144 Å². The Morgan fingerprint density at radius 2 is 1.88 bits per heavy atom. The molecule has 0 aliphatic carbocycles. The summed E-state index contributed by atoms with van der Waals surface area (Å²) in [5.74, 6) is 8.80. The fraction of sp³-hybridized carbons (Fsp3) is 0.312. The van der Waals surface area contributed by atoms with Gasteiger partial charge in [0.2, 0.25) is 5.16 Å². The van der Waals surface area contributed by atoms with Gasteiger partial charge in [-0.25, -0.2) is 4.68 Å². The topological polar surface area (TPSA) is 92.0 Å². The van der Waals surface area contributed by atoms with Crippen LogP contribution in [0.1, 0.15) is 28.4 Å². The third-order valence-electron chi connectivity index (χ3n) is 3.32. The van der Waals surface area contributed by atoms with Crippen molar-refractivity contribution in [3.8, 4) is 5.75 Å². The Morgan fingerprint density at radius 3 is 2.54 bits per heavy atom. The third kappa shape index (κ3) is 3.88. The van der Waals surface area contributed by atoms with Crippen LogP contribution in [0, 0.1) is 20.8 Å². The summed E-state index contributed by atoms with van der Waals surface area (Å²) in [6.45, 7) is 6.18. The zero-order chi connectivity index (χ0) is 17.1. The highest BCUT2D eigenvalue weighted by Gasteiger charge is 2.12. The maximum Gasteiger partial charge on any atom is 0.210 e. The van der Waals surface area contributed by atoms with E-state index in [1.54, 1.807) is 0 Å². The summed E-state index contributed by atoms with van der Waals surface area (Å²) >= 11 is 1.45. The number of nitrogens with zero attached hydrogens (tertiary/aromatic N) is 4. The van der Waals surface area contributed by atoms with Crippen molar-refractivity contribution in [1.82, 2.24) is 20.0 Å². The van der Waals surface area contributed by atoms with Gasteiger partial charge in [0.05, 0.1) is 5.69 Å². The highest BCUT2D eigenvalue weighted by molar-refractivity contribution is 7.98. The smallest absolute Gasteiger partial charge is 0.210 e. The van der Waals surface area contributed by atoms with Crippen molar-refractivity contribution in [2.75, 3.05) is 5.84 Å². The molecule has 7 nitrogen and oxygen atoms in total. The van der Waals surface area contributed by atoms with E-state index in [1.165, 1.54) is 16.4 Å². The highest BCUT2D eigenvalue weighted by atomic mass is 32.2. The molecule has 0 fully saturated rings. The molecule has 3 aromatic rings. The van der Waals surface area contributed by atoms with E-state index in [0.29, 0.717) is 16.7 Å². The Bertz CT molecular complexity index is 823. The summed E-state index contributed by atoms with van der Waals surface area (Å²) in [6.07, 6.45) is 0. The summed E-state index contributed by atoms with van der Waals surface area (Å²) in [4.78, 5) is 0. The van der Waals surface area contributed by atoms with Gasteiger partial charge in [-0.1, -0.05) is 23.0 Å². The van der Waals surface area contributed by atoms with Crippen LogP contribution >= 0.6 is 11.8 Å². The number of rotatable bonds is 6. The van der Waals surface area contributed by atoms with Crippen LogP contribution in [0.25, 0.3) is 0 Å². The predicted molar refractivity (Wildman–Crippen MR) is 91.2 cm³/mol. The van der Waals surface area contributed by atoms with E-state index in [2.05, 4.69) is 21.4 Å². The quantitative estimate of drug-likeness (QED) is 0.542. The first-order valence-corrected chi connectivity index (χ1v) is 8.45. The van der Waals surface area contributed by atoms with E-state index in [-0.39, 0.29) is 6.61 Å². The molecule has 0 saturated heterocycles. The molecule has 126 valence electrons. The SMILES string of the molecule is Cc1cc(C)cc(OCc2nnc(SCc3cc(C)on3)n2N)c1. The van der Waals surface area contributed by atoms with Crippen molar-refractivity contribution >= 4 is 11.8 Å². The second kappa shape index (κ2) is 6.96. The standard InChI is InChI=1S/C16H19N5O2S/c1-10-4-11(2)6-14(5-10)22-8-15-18-19-16(21(15)17)24-9-13-7-12(3)23-20-13/h4-7H,8-9,17H2,1-3H3. The molecule has 0 atom stereocenters. The van der Waals surface area contributed by atoms with Gasteiger partial charge >= 0.3 is 0 Å². The Morgan fingerprint density at radius 1 is 1.12 bits per heavy atom. The minimum atomic E-state index is 0.260. The lowest BCUT2D eigenvalue weighted by atomic mass is 10.1. The molecule has 0 spiro atoms. The lowest BCUT2D eigenvalue weighted by Crippen LogP contribution is -2.15. The molecule has 2 heterocycles. The molecule has 8 heteroatoms. The Kier molecular flexibility index (Phi) is 4.75. The summed E-state index contributed by atoms with van der Waals surface area (Å²) in [5, 5.41) is 12.7. The van der Waals surface area contributed by atoms with Gasteiger partial charge in [0.15, 0.2) is 5.82 Å². The zero-order valence-electron chi connectivity index (χ0n) is 13.8. The van der Waals surface area contributed by atoms with Gasteiger partial charge in [-0.2, -0.15) is 0 Å². The van der Waals surface area contributed by atoms with Crippen LogP contribution in [0.5, 0.6) is 5.75 Å². The van der Waals surface area contributed by atoms with Gasteiger partial charge in [-0.05, 0) is 44.0 Å². The van der Waals surface area contributed by atoms with Gasteiger partial charge in [-0.3, -0.25) is 0 Å². The maximum absolute atomic E-state index is 6.04. The maximum atomic E-state index is 6.04. The van der Waals surface area contributed by atoms with Gasteiger partial charge in [0.25, 0.3) is 0 Å². The Hall–Kier alpha value is -2.48. The fourth-order valence-electron chi connectivity index (χ4n) is 2.29. The van der Waals surface area contributed by atoms with E-state index >= 15 is 0 Å². The molecule has 0 unspecified atom stereocenters. The van der Waals surface area contributed by atoms with E-state index in [4.69, 9.17) is 15.1 Å². The predicted octanol–water partition coefficient (Wildman–Crippen LogP) is 2.78. The Balaban J connectivity index is 1.62. The number of hydrogen-bond acceptors (Lipinski definition) is 7. The van der Waals surface area contributed by atoms with Gasteiger partial charge in [0, 0.05) is 11.8 Å². The highest BCUT2D eigenvalue weighted by Crippen LogP contribution is 2.21. The van der Waals surface area contributed by atoms with Gasteiger partial charge in [0.1, 0.15) is 18.1 Å². The minimum absolute atomic E-state index is 0.260. The fourth-order valence-corrected chi connectivity index (χ4v) is 3.05. The molecular formula is C16H19N5O2S. The average molecular weight is 345 g/mol. The molecule has 0 saturated carbocycles. The molecule has 0 aliphatic rings. The second-order valence-corrected chi connectivity index (χ2v) is 6.54. The molecule has 3 rings (SSSR count). The van der Waals surface area contributed by atoms with Crippen LogP contribution in [0.15, 0.2) is 33.9 Å². The third-order valence-corrected chi connectivity index (χ3v) is 4.30. The van der Waals surface area contributed by atoms with E-state index < -0.39 is 0 Å². The van der Waals surface area contributed by atoms with Crippen LogP contribution in [0.3, 0.4) is 0 Å². The summed E-state index contributed by atoms with van der Waals surface area (Å²) in [5.41, 5.74) is 3.14. The normalized spacial score (nSPS) is 11.0. The van der Waals surface area contributed by atoms with E-state index in [0.717, 1.165) is 28.3 Å². The zero-order valence-corrected chi connectivity index (χ0v) is 14.6. The number of aromatic nitrogens is 4. The van der Waals surface area contributed by atoms with Crippen LogP contribution < -0.4 is 10.6 Å². The van der Waals surface area contributed by atoms with Crippen LogP contribution in [-0.4, -0.2) is 20.0 Å². The van der Waals surface area contributed by atoms with E-state index in [9.17, 15) is 0 Å². The number of aryl methyl sites for hydroxylation is 3. The number of thioether (sulfide) groups is 1. The number of nitrogens with two attached hydrogens (primary N) is 1. The van der Waals surface area contributed by atoms with Crippen molar-refractivity contribution in [2.24, 2.45) is 0 Å². The first-order valence-electron chi connectivity index (χ1n) is 7.47. The van der Waals surface area contributed by atoms with Crippen LogP contribution in [0.2, 0.25) is 0 Å². The second-order valence-electron chi connectivity index (χ2n) is 5.60. The van der Waals surface area contributed by atoms with Crippen LogP contribution in [0.4, 0.5) is 0 Å². The number of benzene rings is 1. The number of hydrogen-bond donors (Lipinski definition) is 1. The average Bonchev–Trinajstić information content (AvgIpc) is 3.08. The largest absolute Gasteiger partial charge is 0.486 e. The molecule has 0 aliphatic heterocycles. The molecule has 0 radical (unpaired) electrons. The lowest BCUT2D eigenvalue weighted by molar-refractivity contribution is 0.291.